The van der Waals surface area contributed by atoms with Crippen LogP contribution in [0.5, 0.6) is 5.75 Å². The van der Waals surface area contributed by atoms with Crippen molar-refractivity contribution in [1.82, 2.24) is 5.09 Å². The average Bonchev–Trinajstić information content (AvgIpc) is 2.47. The Labute approximate surface area is 129 Å². The lowest BCUT2D eigenvalue weighted by molar-refractivity contribution is -0.144. The van der Waals surface area contributed by atoms with Gasteiger partial charge in [-0.3, -0.25) is 9.36 Å². The van der Waals surface area contributed by atoms with E-state index in [4.69, 9.17) is 19.3 Å². The van der Waals surface area contributed by atoms with E-state index in [9.17, 15) is 9.36 Å². The molecule has 120 valence electrons. The Morgan fingerprint density at radius 3 is 2.82 bits per heavy atom. The second-order valence-corrected chi connectivity index (χ2v) is 6.47. The number of carbonyl (C=O) groups excluding carboxylic acids is 1. The van der Waals surface area contributed by atoms with Crippen molar-refractivity contribution in [2.45, 2.75) is 19.9 Å². The topological polar surface area (TPSA) is 97.7 Å². The van der Waals surface area contributed by atoms with E-state index in [0.29, 0.717) is 5.56 Å². The van der Waals surface area contributed by atoms with Gasteiger partial charge in [0, 0.05) is 7.11 Å². The highest BCUT2D eigenvalue weighted by molar-refractivity contribution is 7.57. The number of benzene rings is 1. The van der Waals surface area contributed by atoms with Crippen molar-refractivity contribution in [2.75, 3.05) is 20.1 Å². The molecule has 0 aliphatic carbocycles. The molecule has 8 heteroatoms. The molecule has 0 fully saturated rings. The average molecular weight is 326 g/mol. The zero-order valence-electron chi connectivity index (χ0n) is 12.7. The summed E-state index contributed by atoms with van der Waals surface area (Å²) < 4.78 is 28.0. The van der Waals surface area contributed by atoms with E-state index < -0.39 is 19.5 Å². The summed E-state index contributed by atoms with van der Waals surface area (Å²) in [6.45, 7) is 3.43. The first-order chi connectivity index (χ1) is 10.4. The van der Waals surface area contributed by atoms with E-state index >= 15 is 0 Å². The van der Waals surface area contributed by atoms with Gasteiger partial charge >= 0.3 is 13.5 Å². The fraction of sp³-hybridized carbons (Fsp3) is 0.429. The highest BCUT2D eigenvalue weighted by Gasteiger charge is 2.30. The summed E-state index contributed by atoms with van der Waals surface area (Å²) in [5.41, 5.74) is 0.375. The smallest absolute Gasteiger partial charge is 0.342 e. The van der Waals surface area contributed by atoms with Crippen LogP contribution in [0.1, 0.15) is 19.4 Å². The van der Waals surface area contributed by atoms with Gasteiger partial charge in [0.2, 0.25) is 0 Å². The van der Waals surface area contributed by atoms with Crippen molar-refractivity contribution < 1.29 is 23.4 Å². The predicted molar refractivity (Wildman–Crippen MR) is 80.5 cm³/mol. The van der Waals surface area contributed by atoms with Gasteiger partial charge in [-0.15, -0.1) is 0 Å². The van der Waals surface area contributed by atoms with E-state index in [-0.39, 0.29) is 18.7 Å². The lowest BCUT2D eigenvalue weighted by Crippen LogP contribution is -2.35. The molecule has 0 amide bonds. The molecule has 2 unspecified atom stereocenters. The number of esters is 1. The Hall–Kier alpha value is -1.87. The molecule has 22 heavy (non-hydrogen) atoms. The molecule has 0 saturated heterocycles. The second-order valence-electron chi connectivity index (χ2n) is 4.42. The maximum absolute atomic E-state index is 12.8. The lowest BCUT2D eigenvalue weighted by atomic mass is 10.2. The van der Waals surface area contributed by atoms with Crippen LogP contribution >= 0.6 is 7.52 Å². The van der Waals surface area contributed by atoms with Gasteiger partial charge in [0.25, 0.3) is 0 Å². The van der Waals surface area contributed by atoms with Crippen LogP contribution in [0.3, 0.4) is 0 Å². The molecule has 2 atom stereocenters. The van der Waals surface area contributed by atoms with Gasteiger partial charge in [-0.05, 0) is 32.0 Å². The van der Waals surface area contributed by atoms with Gasteiger partial charge in [-0.2, -0.15) is 5.26 Å². The monoisotopic (exact) mass is 326 g/mol. The van der Waals surface area contributed by atoms with E-state index in [1.165, 1.54) is 20.1 Å². The highest BCUT2D eigenvalue weighted by Crippen LogP contribution is 2.43. The fourth-order valence-electron chi connectivity index (χ4n) is 1.67. The summed E-state index contributed by atoms with van der Waals surface area (Å²) in [5, 5.41) is 11.5. The van der Waals surface area contributed by atoms with Crippen molar-refractivity contribution in [3.63, 3.8) is 0 Å². The Bertz CT molecular complexity index is 599. The number of rotatable bonds is 8. The van der Waals surface area contributed by atoms with Gasteiger partial charge in [-0.25, -0.2) is 5.09 Å². The van der Waals surface area contributed by atoms with Gasteiger partial charge in [0.15, 0.2) is 0 Å². The van der Waals surface area contributed by atoms with Crippen LogP contribution in [0.2, 0.25) is 0 Å². The summed E-state index contributed by atoms with van der Waals surface area (Å²) in [6, 6.07) is 7.38. The molecule has 0 radical (unpaired) electrons. The minimum absolute atomic E-state index is 0.227. The third kappa shape index (κ3) is 5.49. The third-order valence-corrected chi connectivity index (χ3v) is 4.43. The first-order valence-corrected chi connectivity index (χ1v) is 8.47. The summed E-state index contributed by atoms with van der Waals surface area (Å²) in [5.74, 6) is -0.281. The Kier molecular flexibility index (Phi) is 7.06. The van der Waals surface area contributed by atoms with Crippen molar-refractivity contribution in [2.24, 2.45) is 0 Å². The molecular formula is C14H19N2O5P. The molecular weight excluding hydrogens is 307 g/mol. The van der Waals surface area contributed by atoms with Crippen LogP contribution in [0.4, 0.5) is 0 Å². The number of carbonyl (C=O) groups is 1. The number of nitrogens with one attached hydrogen (secondary N) is 1. The summed E-state index contributed by atoms with van der Waals surface area (Å²) >= 11 is 0. The van der Waals surface area contributed by atoms with Crippen molar-refractivity contribution in [3.8, 4) is 11.8 Å². The zero-order chi connectivity index (χ0) is 16.6. The Balaban J connectivity index is 2.88. The number of nitriles is 1. The largest absolute Gasteiger partial charge is 0.465 e. The maximum Gasteiger partial charge on any atom is 0.342 e. The molecule has 1 aromatic rings. The molecule has 0 saturated carbocycles. The van der Waals surface area contributed by atoms with Crippen LogP contribution in [0.25, 0.3) is 0 Å². The minimum Gasteiger partial charge on any atom is -0.465 e. The number of methoxy groups -OCH3 is 1. The maximum atomic E-state index is 12.8. The van der Waals surface area contributed by atoms with E-state index in [0.717, 1.165) is 0 Å². The second kappa shape index (κ2) is 8.54. The molecule has 1 aromatic carbocycles. The molecule has 0 aromatic heterocycles. The van der Waals surface area contributed by atoms with Crippen LogP contribution in [0, 0.1) is 11.3 Å². The third-order valence-electron chi connectivity index (χ3n) is 2.55. The van der Waals surface area contributed by atoms with Crippen LogP contribution in [-0.2, 0) is 18.8 Å². The van der Waals surface area contributed by atoms with Gasteiger partial charge in [-0.1, -0.05) is 6.07 Å². The van der Waals surface area contributed by atoms with Crippen LogP contribution in [-0.4, -0.2) is 32.1 Å². The molecule has 0 heterocycles. The highest BCUT2D eigenvalue weighted by atomic mass is 31.2. The summed E-state index contributed by atoms with van der Waals surface area (Å²) in [6.07, 6.45) is -0.229. The number of ether oxygens (including phenoxy) is 2. The molecule has 0 aliphatic heterocycles. The van der Waals surface area contributed by atoms with Crippen molar-refractivity contribution >= 4 is 13.5 Å². The van der Waals surface area contributed by atoms with Crippen molar-refractivity contribution in [3.05, 3.63) is 29.8 Å². The zero-order valence-corrected chi connectivity index (χ0v) is 13.6. The Morgan fingerprint density at radius 2 is 2.23 bits per heavy atom. The number of hydrogen-bond acceptors (Lipinski definition) is 6. The normalized spacial score (nSPS) is 14.5. The first-order valence-electron chi connectivity index (χ1n) is 6.66. The van der Waals surface area contributed by atoms with Gasteiger partial charge in [0.05, 0.1) is 18.2 Å². The molecule has 1 rings (SSSR count). The predicted octanol–water partition coefficient (Wildman–Crippen LogP) is 2.28. The standard InChI is InChI=1S/C14H19N2O5P/c1-4-20-14(17)11(2)16-22(18,10-19-3)21-13-7-5-6-12(8-13)9-15/h5-8,11H,4,10H2,1-3H3,(H,16,18). The Morgan fingerprint density at radius 1 is 1.50 bits per heavy atom. The van der Waals surface area contributed by atoms with Crippen LogP contribution < -0.4 is 9.61 Å². The summed E-state index contributed by atoms with van der Waals surface area (Å²) in [7, 11) is -2.11. The van der Waals surface area contributed by atoms with E-state index in [1.54, 1.807) is 25.1 Å². The summed E-state index contributed by atoms with van der Waals surface area (Å²) in [4.78, 5) is 11.6. The van der Waals surface area contributed by atoms with E-state index in [2.05, 4.69) is 5.09 Å². The quantitative estimate of drug-likeness (QED) is 0.578. The van der Waals surface area contributed by atoms with Crippen LogP contribution in [0.15, 0.2) is 24.3 Å². The minimum atomic E-state index is -3.49. The molecule has 0 aliphatic rings. The molecule has 0 spiro atoms. The number of hydrogen-bond donors (Lipinski definition) is 1. The number of nitrogens with zero attached hydrogens (tertiary/aromatic N) is 1. The fourth-order valence-corrected chi connectivity index (χ4v) is 3.34. The lowest BCUT2D eigenvalue weighted by Gasteiger charge is -2.22. The molecule has 7 nitrogen and oxygen atoms in total. The first kappa shape index (κ1) is 18.2. The van der Waals surface area contributed by atoms with Gasteiger partial charge in [0.1, 0.15) is 18.1 Å². The van der Waals surface area contributed by atoms with Crippen molar-refractivity contribution in [1.29, 1.82) is 5.26 Å². The SMILES string of the molecule is CCOC(=O)C(C)NP(=O)(COC)Oc1cccc(C#N)c1. The van der Waals surface area contributed by atoms with E-state index in [1.807, 2.05) is 6.07 Å². The van der Waals surface area contributed by atoms with Gasteiger partial charge < -0.3 is 14.0 Å². The molecule has 0 bridgehead atoms. The molecule has 1 N–H and O–H groups in total.